The van der Waals surface area contributed by atoms with E-state index in [1.54, 1.807) is 0 Å². The second-order valence-corrected chi connectivity index (χ2v) is 16.3. The van der Waals surface area contributed by atoms with Crippen LogP contribution in [-0.4, -0.2) is 8.97 Å². The van der Waals surface area contributed by atoms with Crippen LogP contribution in [-0.2, 0) is 0 Å². The molecule has 6 nitrogen and oxygen atoms in total. The Hall–Kier alpha value is -8.58. The summed E-state index contributed by atoms with van der Waals surface area (Å²) in [7, 11) is 0. The average molecular weight is 791 g/mol. The molecule has 2 unspecified atom stereocenters. The van der Waals surface area contributed by atoms with Gasteiger partial charge in [0.2, 0.25) is 0 Å². The van der Waals surface area contributed by atoms with Gasteiger partial charge in [-0.1, -0.05) is 103 Å². The normalized spacial score (nSPS) is 15.3. The molecule has 2 aliphatic rings. The highest BCUT2D eigenvalue weighted by Crippen LogP contribution is 2.56. The first-order valence-electron chi connectivity index (χ1n) is 21.0. The number of nitriles is 2. The number of allylic oxidation sites excluding steroid dienone is 4. The summed E-state index contributed by atoms with van der Waals surface area (Å²) in [6.07, 6.45) is 9.08. The molecule has 1 aliphatic heterocycles. The molecule has 13 rings (SSSR count). The lowest BCUT2D eigenvalue weighted by molar-refractivity contribution is 0.615. The molecule has 6 heteroatoms. The second-order valence-electron chi connectivity index (χ2n) is 16.3. The fourth-order valence-corrected chi connectivity index (χ4v) is 10.7. The molecule has 0 fully saturated rings. The van der Waals surface area contributed by atoms with E-state index in [9.17, 15) is 10.5 Å². The minimum absolute atomic E-state index is 0.101. The summed E-state index contributed by atoms with van der Waals surface area (Å²) in [6.45, 7) is 0. The van der Waals surface area contributed by atoms with Gasteiger partial charge in [0.25, 0.3) is 0 Å². The number of fused-ring (bicyclic) bond motifs is 12. The minimum atomic E-state index is 0.101. The van der Waals surface area contributed by atoms with Crippen LogP contribution in [0, 0.1) is 22.7 Å². The van der Waals surface area contributed by atoms with Gasteiger partial charge in [0.1, 0.15) is 0 Å². The van der Waals surface area contributed by atoms with Crippen LogP contribution in [0.15, 0.2) is 194 Å². The van der Waals surface area contributed by atoms with Crippen LogP contribution < -0.4 is 9.80 Å². The predicted octanol–water partition coefficient (Wildman–Crippen LogP) is 14.4. The van der Waals surface area contributed by atoms with E-state index in [2.05, 4.69) is 177 Å². The number of hydrogen-bond acceptors (Lipinski definition) is 4. The minimum Gasteiger partial charge on any atom is -0.332 e. The molecular formula is C56H34N6. The number of para-hydroxylation sites is 3. The van der Waals surface area contributed by atoms with Crippen molar-refractivity contribution in [3.63, 3.8) is 0 Å². The molecule has 0 spiro atoms. The summed E-state index contributed by atoms with van der Waals surface area (Å²) < 4.78 is 5.06. The maximum atomic E-state index is 9.94. The highest BCUT2D eigenvalue weighted by Gasteiger charge is 2.38. The Kier molecular flexibility index (Phi) is 7.17. The van der Waals surface area contributed by atoms with Crippen molar-refractivity contribution in [3.05, 3.63) is 211 Å². The molecule has 0 N–H and O–H groups in total. The molecule has 11 aromatic rings. The predicted molar refractivity (Wildman–Crippen MR) is 253 cm³/mol. The van der Waals surface area contributed by atoms with Gasteiger partial charge in [0.05, 0.1) is 68.3 Å². The van der Waals surface area contributed by atoms with Crippen molar-refractivity contribution in [3.8, 4) is 12.1 Å². The van der Waals surface area contributed by atoms with Crippen molar-refractivity contribution in [2.24, 2.45) is 0 Å². The van der Waals surface area contributed by atoms with Crippen molar-refractivity contribution in [2.75, 3.05) is 9.80 Å². The van der Waals surface area contributed by atoms with Crippen molar-refractivity contribution >= 4 is 94.0 Å². The first-order chi connectivity index (χ1) is 30.7. The van der Waals surface area contributed by atoms with E-state index in [-0.39, 0.29) is 12.0 Å². The number of benzene rings is 8. The van der Waals surface area contributed by atoms with E-state index in [0.29, 0.717) is 11.1 Å². The molecule has 62 heavy (non-hydrogen) atoms. The number of aromatic nitrogens is 2. The summed E-state index contributed by atoms with van der Waals surface area (Å²) >= 11 is 0. The number of nitrogens with zero attached hydrogens (tertiary/aromatic N) is 6. The highest BCUT2D eigenvalue weighted by molar-refractivity contribution is 6.29. The van der Waals surface area contributed by atoms with Crippen LogP contribution in [0.5, 0.6) is 0 Å². The van der Waals surface area contributed by atoms with Gasteiger partial charge in [0, 0.05) is 66.5 Å². The lowest BCUT2D eigenvalue weighted by Crippen LogP contribution is -2.14. The summed E-state index contributed by atoms with van der Waals surface area (Å²) in [6, 6.07) is 64.4. The number of hydrogen-bond donors (Lipinski definition) is 0. The van der Waals surface area contributed by atoms with Crippen molar-refractivity contribution in [1.29, 1.82) is 10.5 Å². The molecule has 0 amide bonds. The van der Waals surface area contributed by atoms with E-state index < -0.39 is 0 Å². The third-order valence-corrected chi connectivity index (χ3v) is 13.1. The van der Waals surface area contributed by atoms with Crippen LogP contribution in [0.25, 0.3) is 59.9 Å². The van der Waals surface area contributed by atoms with E-state index in [1.807, 2.05) is 48.5 Å². The van der Waals surface area contributed by atoms with Crippen molar-refractivity contribution < 1.29 is 0 Å². The zero-order valence-electron chi connectivity index (χ0n) is 33.3. The van der Waals surface area contributed by atoms with Gasteiger partial charge in [-0.25, -0.2) is 0 Å². The molecule has 0 radical (unpaired) electrons. The molecule has 0 saturated heterocycles. The zero-order chi connectivity index (χ0) is 41.1. The maximum absolute atomic E-state index is 9.94. The van der Waals surface area contributed by atoms with Crippen molar-refractivity contribution in [2.45, 2.75) is 12.0 Å². The monoisotopic (exact) mass is 790 g/mol. The molecular weight excluding hydrogens is 757 g/mol. The SMILES string of the molecule is N#Cc1cccc(N(c2ccccc2)c2ccc3c4cc5c(cc4n4c3c2C2C=CC=CC24)c2ccc(N(c3ccccc3)c3cccc(C#N)c3)c3c4ccccc4n5c23)c1. The average Bonchev–Trinajstić information content (AvgIpc) is 4.06. The van der Waals surface area contributed by atoms with E-state index in [0.717, 1.165) is 39.6 Å². The molecule has 8 aromatic carbocycles. The molecule has 0 saturated carbocycles. The molecule has 0 bridgehead atoms. The molecule has 288 valence electrons. The second kappa shape index (κ2) is 13.0. The van der Waals surface area contributed by atoms with E-state index >= 15 is 0 Å². The summed E-state index contributed by atoms with van der Waals surface area (Å²) in [5, 5.41) is 27.1. The van der Waals surface area contributed by atoms with E-state index in [4.69, 9.17) is 0 Å². The van der Waals surface area contributed by atoms with Gasteiger partial charge >= 0.3 is 0 Å². The van der Waals surface area contributed by atoms with Gasteiger partial charge in [-0.15, -0.1) is 0 Å². The lowest BCUT2D eigenvalue weighted by Gasteiger charge is -2.29. The largest absolute Gasteiger partial charge is 0.332 e. The highest BCUT2D eigenvalue weighted by atomic mass is 15.2. The fraction of sp³-hybridized carbons (Fsp3) is 0.0357. The Balaban J connectivity index is 1.10. The summed E-state index contributed by atoms with van der Waals surface area (Å²) in [5.41, 5.74) is 14.7. The molecule has 4 heterocycles. The zero-order valence-corrected chi connectivity index (χ0v) is 33.3. The van der Waals surface area contributed by atoms with Crippen molar-refractivity contribution in [1.82, 2.24) is 8.97 Å². The standard InChI is InChI=1S/C56H34N6/c57-33-35-13-11-19-39(29-35)59(37-15-3-1-4-16-37)49-27-25-41-45-31-52-46(32-51(45)61-47-23-9-7-21-43(47)53(49)55(41)61)42-26-28-50(54-44-22-8-10-24-48(44)62(52)56(42)54)60(38-17-5-2-6-18-38)40-20-12-14-36(30-40)34-58/h1-32,43,47H. The number of anilines is 6. The van der Waals surface area contributed by atoms with Crippen LogP contribution in [0.2, 0.25) is 0 Å². The Labute approximate surface area is 356 Å². The number of rotatable bonds is 6. The maximum Gasteiger partial charge on any atom is 0.0992 e. The summed E-state index contributed by atoms with van der Waals surface area (Å²) in [5.74, 6) is 0.129. The van der Waals surface area contributed by atoms with Crippen LogP contribution in [0.4, 0.5) is 34.1 Å². The Morgan fingerprint density at radius 3 is 1.69 bits per heavy atom. The van der Waals surface area contributed by atoms with Crippen LogP contribution >= 0.6 is 0 Å². The van der Waals surface area contributed by atoms with Gasteiger partial charge in [-0.3, -0.25) is 0 Å². The molecule has 2 atom stereocenters. The Morgan fingerprint density at radius 2 is 1.00 bits per heavy atom. The summed E-state index contributed by atoms with van der Waals surface area (Å²) in [4.78, 5) is 4.61. The van der Waals surface area contributed by atoms with Gasteiger partial charge in [-0.05, 0) is 91.0 Å². The Morgan fingerprint density at radius 1 is 0.435 bits per heavy atom. The molecule has 3 aromatic heterocycles. The topological polar surface area (TPSA) is 63.4 Å². The van der Waals surface area contributed by atoms with Crippen LogP contribution in [0.1, 0.15) is 28.7 Å². The van der Waals surface area contributed by atoms with Crippen LogP contribution in [0.3, 0.4) is 0 Å². The van der Waals surface area contributed by atoms with Gasteiger partial charge in [0.15, 0.2) is 0 Å². The fourth-order valence-electron chi connectivity index (χ4n) is 10.7. The van der Waals surface area contributed by atoms with E-state index in [1.165, 1.54) is 59.9 Å². The van der Waals surface area contributed by atoms with Gasteiger partial charge in [-0.2, -0.15) is 10.5 Å². The first kappa shape index (κ1) is 34.3. The molecule has 1 aliphatic carbocycles. The smallest absolute Gasteiger partial charge is 0.0992 e. The van der Waals surface area contributed by atoms with Gasteiger partial charge < -0.3 is 18.8 Å². The third kappa shape index (κ3) is 4.66. The Bertz CT molecular complexity index is 3800. The third-order valence-electron chi connectivity index (χ3n) is 13.1. The lowest BCUT2D eigenvalue weighted by atomic mass is 9.88. The first-order valence-corrected chi connectivity index (χ1v) is 21.0. The quantitative estimate of drug-likeness (QED) is 0.168.